The average molecular weight is 630 g/mol. The van der Waals surface area contributed by atoms with Crippen molar-refractivity contribution in [2.24, 2.45) is 0 Å². The third-order valence-corrected chi connectivity index (χ3v) is 9.07. The van der Waals surface area contributed by atoms with Crippen LogP contribution in [0.3, 0.4) is 0 Å². The maximum Gasteiger partial charge on any atom is 0.264 e. The van der Waals surface area contributed by atoms with Crippen LogP contribution < -0.4 is 9.62 Å². The summed E-state index contributed by atoms with van der Waals surface area (Å²) in [4.78, 5) is 29.8. The van der Waals surface area contributed by atoms with Crippen LogP contribution in [-0.2, 0) is 32.6 Å². The van der Waals surface area contributed by atoms with Crippen molar-refractivity contribution >= 4 is 27.5 Å². The highest BCUT2D eigenvalue weighted by molar-refractivity contribution is 7.92. The van der Waals surface area contributed by atoms with Crippen LogP contribution in [0.15, 0.2) is 108 Å². The van der Waals surface area contributed by atoms with Crippen molar-refractivity contribution in [2.45, 2.75) is 64.1 Å². The van der Waals surface area contributed by atoms with E-state index in [4.69, 9.17) is 0 Å². The molecule has 4 rings (SSSR count). The van der Waals surface area contributed by atoms with Gasteiger partial charge in [-0.15, -0.1) is 0 Å². The van der Waals surface area contributed by atoms with Crippen molar-refractivity contribution in [1.29, 1.82) is 0 Å². The van der Waals surface area contributed by atoms with Gasteiger partial charge < -0.3 is 10.2 Å². The Bertz CT molecular complexity index is 1740. The first-order chi connectivity index (χ1) is 21.3. The summed E-state index contributed by atoms with van der Waals surface area (Å²) < 4.78 is 44.4. The number of nitrogens with one attached hydrogen (secondary N) is 1. The minimum atomic E-state index is -4.22. The summed E-state index contributed by atoms with van der Waals surface area (Å²) >= 11 is 0. The largest absolute Gasteiger partial charge is 0.350 e. The molecule has 9 heteroatoms. The number of hydrogen-bond donors (Lipinski definition) is 1. The molecule has 0 aromatic heterocycles. The smallest absolute Gasteiger partial charge is 0.264 e. The number of hydrogen-bond acceptors (Lipinski definition) is 4. The Balaban J connectivity index is 1.84. The third-order valence-electron chi connectivity index (χ3n) is 7.30. The van der Waals surface area contributed by atoms with Crippen molar-refractivity contribution in [3.05, 3.63) is 131 Å². The molecule has 0 radical (unpaired) electrons. The quantitative estimate of drug-likeness (QED) is 0.214. The van der Waals surface area contributed by atoms with Gasteiger partial charge in [0.2, 0.25) is 11.8 Å². The molecule has 0 saturated heterocycles. The van der Waals surface area contributed by atoms with Crippen LogP contribution in [-0.4, -0.2) is 43.3 Å². The lowest BCUT2D eigenvalue weighted by Crippen LogP contribution is -2.56. The molecule has 2 amide bonds. The molecule has 1 atom stereocenters. The minimum Gasteiger partial charge on any atom is -0.350 e. The fourth-order valence-corrected chi connectivity index (χ4v) is 6.63. The Hall–Kier alpha value is -4.50. The van der Waals surface area contributed by atoms with E-state index in [0.29, 0.717) is 11.3 Å². The van der Waals surface area contributed by atoms with Crippen LogP contribution in [0.25, 0.3) is 0 Å². The van der Waals surface area contributed by atoms with Crippen LogP contribution >= 0.6 is 0 Å². The number of carbonyl (C=O) groups excluding carboxylic acids is 2. The van der Waals surface area contributed by atoms with Gasteiger partial charge in [-0.25, -0.2) is 12.8 Å². The van der Waals surface area contributed by atoms with E-state index >= 15 is 4.39 Å². The first-order valence-electron chi connectivity index (χ1n) is 14.8. The van der Waals surface area contributed by atoms with Crippen molar-refractivity contribution in [3.8, 4) is 0 Å². The van der Waals surface area contributed by atoms with E-state index in [1.165, 1.54) is 23.1 Å². The molecule has 7 nitrogen and oxygen atoms in total. The molecule has 45 heavy (non-hydrogen) atoms. The van der Waals surface area contributed by atoms with Gasteiger partial charge in [0, 0.05) is 24.1 Å². The number of halogens is 1. The van der Waals surface area contributed by atoms with Crippen molar-refractivity contribution in [1.82, 2.24) is 10.2 Å². The fraction of sp³-hybridized carbons (Fsp3) is 0.278. The highest BCUT2D eigenvalue weighted by Gasteiger charge is 2.36. The summed E-state index contributed by atoms with van der Waals surface area (Å²) in [6.07, 6.45) is 0.137. The Morgan fingerprint density at radius 3 is 2.04 bits per heavy atom. The van der Waals surface area contributed by atoms with Gasteiger partial charge in [-0.2, -0.15) is 0 Å². The molecule has 0 spiro atoms. The fourth-order valence-electron chi connectivity index (χ4n) is 5.14. The molecule has 0 aliphatic heterocycles. The van der Waals surface area contributed by atoms with Crippen molar-refractivity contribution in [2.75, 3.05) is 10.8 Å². The van der Waals surface area contributed by atoms with Gasteiger partial charge in [-0.3, -0.25) is 13.9 Å². The maximum absolute atomic E-state index is 15.1. The van der Waals surface area contributed by atoms with E-state index in [1.807, 2.05) is 64.1 Å². The number of aryl methyl sites for hydroxylation is 2. The lowest BCUT2D eigenvalue weighted by atomic mass is 10.0. The van der Waals surface area contributed by atoms with Crippen LogP contribution in [0, 0.1) is 19.7 Å². The Morgan fingerprint density at radius 2 is 1.44 bits per heavy atom. The molecular formula is C36H40FN3O4S. The van der Waals surface area contributed by atoms with E-state index in [1.54, 1.807) is 55.5 Å². The number of amides is 2. The predicted molar refractivity (Wildman–Crippen MR) is 176 cm³/mol. The predicted octanol–water partition coefficient (Wildman–Crippen LogP) is 6.19. The van der Waals surface area contributed by atoms with Crippen LogP contribution in [0.5, 0.6) is 0 Å². The van der Waals surface area contributed by atoms with Gasteiger partial charge in [0.15, 0.2) is 0 Å². The summed E-state index contributed by atoms with van der Waals surface area (Å²) in [6, 6.07) is 27.4. The third kappa shape index (κ3) is 8.57. The molecule has 0 heterocycles. The highest BCUT2D eigenvalue weighted by Crippen LogP contribution is 2.28. The summed E-state index contributed by atoms with van der Waals surface area (Å²) in [5, 5.41) is 2.97. The summed E-state index contributed by atoms with van der Waals surface area (Å²) in [5.41, 5.74) is 2.30. The topological polar surface area (TPSA) is 86.8 Å². The number of anilines is 1. The number of nitrogens with zero attached hydrogens (tertiary/aromatic N) is 2. The molecule has 0 fully saturated rings. The first kappa shape index (κ1) is 33.4. The van der Waals surface area contributed by atoms with E-state index in [2.05, 4.69) is 5.32 Å². The van der Waals surface area contributed by atoms with Gasteiger partial charge in [-0.05, 0) is 70.0 Å². The van der Waals surface area contributed by atoms with Gasteiger partial charge >= 0.3 is 0 Å². The summed E-state index contributed by atoms with van der Waals surface area (Å²) in [6.45, 7) is 8.34. The number of carbonyl (C=O) groups is 2. The second-order valence-electron chi connectivity index (χ2n) is 12.2. The molecule has 0 aliphatic carbocycles. The molecule has 4 aromatic rings. The van der Waals surface area contributed by atoms with Gasteiger partial charge in [0.25, 0.3) is 10.0 Å². The van der Waals surface area contributed by atoms with E-state index in [0.717, 1.165) is 15.4 Å². The van der Waals surface area contributed by atoms with Crippen LogP contribution in [0.2, 0.25) is 0 Å². The highest BCUT2D eigenvalue weighted by atomic mass is 32.2. The van der Waals surface area contributed by atoms with Crippen molar-refractivity contribution in [3.63, 3.8) is 0 Å². The van der Waals surface area contributed by atoms with Crippen LogP contribution in [0.4, 0.5) is 10.1 Å². The summed E-state index contributed by atoms with van der Waals surface area (Å²) in [7, 11) is -4.22. The monoisotopic (exact) mass is 629 g/mol. The molecular weight excluding hydrogens is 589 g/mol. The zero-order valence-corrected chi connectivity index (χ0v) is 27.1. The Kier molecular flexibility index (Phi) is 10.4. The standard InChI is InChI=1S/C36H40FN3O4S/c1-26-20-21-32(27(2)22-26)40(45(43,44)30-17-10-7-11-18-30)25-34(41)39(24-29-16-12-13-19-31(29)37)33(35(42)38-36(3,4)5)23-28-14-8-6-9-15-28/h6-22,33H,23-25H2,1-5H3,(H,38,42)/t33-/m0/s1. The zero-order chi connectivity index (χ0) is 32.8. The Labute approximate surface area is 265 Å². The lowest BCUT2D eigenvalue weighted by molar-refractivity contribution is -0.140. The number of sulfonamides is 1. The van der Waals surface area contributed by atoms with E-state index < -0.39 is 45.8 Å². The van der Waals surface area contributed by atoms with Gasteiger partial charge in [0.05, 0.1) is 10.6 Å². The molecule has 1 N–H and O–H groups in total. The number of rotatable bonds is 11. The molecule has 0 unspecified atom stereocenters. The van der Waals surface area contributed by atoms with E-state index in [-0.39, 0.29) is 23.4 Å². The molecule has 0 aliphatic rings. The maximum atomic E-state index is 15.1. The van der Waals surface area contributed by atoms with Gasteiger partial charge in [0.1, 0.15) is 18.4 Å². The molecule has 4 aromatic carbocycles. The molecule has 0 saturated carbocycles. The Morgan fingerprint density at radius 1 is 0.844 bits per heavy atom. The van der Waals surface area contributed by atoms with Crippen LogP contribution in [0.1, 0.15) is 43.0 Å². The molecule has 0 bridgehead atoms. The summed E-state index contributed by atoms with van der Waals surface area (Å²) in [5.74, 6) is -1.61. The van der Waals surface area contributed by atoms with Gasteiger partial charge in [-0.1, -0.05) is 84.4 Å². The molecule has 236 valence electrons. The normalized spacial score (nSPS) is 12.3. The van der Waals surface area contributed by atoms with Crippen molar-refractivity contribution < 1.29 is 22.4 Å². The minimum absolute atomic E-state index is 0.0183. The second kappa shape index (κ2) is 14.1. The lowest BCUT2D eigenvalue weighted by Gasteiger charge is -2.35. The number of benzene rings is 4. The van der Waals surface area contributed by atoms with E-state index in [9.17, 15) is 18.0 Å². The SMILES string of the molecule is Cc1ccc(N(CC(=O)N(Cc2ccccc2F)[C@@H](Cc2ccccc2)C(=O)NC(C)(C)C)S(=O)(=O)c2ccccc2)c(C)c1. The average Bonchev–Trinajstić information content (AvgIpc) is 2.99. The zero-order valence-electron chi connectivity index (χ0n) is 26.3. The first-order valence-corrected chi connectivity index (χ1v) is 16.2. The second-order valence-corrected chi connectivity index (χ2v) is 14.0.